The lowest BCUT2D eigenvalue weighted by atomic mass is 10.00. The Morgan fingerprint density at radius 1 is 1.25 bits per heavy atom. The predicted octanol–water partition coefficient (Wildman–Crippen LogP) is 3.61. The largest absolute Gasteiger partial charge is 0.411 e. The Hall–Kier alpha value is -1.64. The van der Waals surface area contributed by atoms with E-state index in [0.717, 1.165) is 30.4 Å². The molecule has 0 bridgehead atoms. The molecular weight excluding hydrogens is 205 g/mol. The quantitative estimate of drug-likeness (QED) is 0.598. The summed E-state index contributed by atoms with van der Waals surface area (Å²) >= 11 is 0. The number of nitrogens with zero attached hydrogens (tertiary/aromatic N) is 1. The third-order valence-corrected chi connectivity index (χ3v) is 2.99. The van der Waals surface area contributed by atoms with Gasteiger partial charge in [0.1, 0.15) is 5.82 Å². The summed E-state index contributed by atoms with van der Waals surface area (Å²) in [5, 5.41) is 12.3. The van der Waals surface area contributed by atoms with Crippen molar-refractivity contribution in [2.24, 2.45) is 5.16 Å². The minimum absolute atomic E-state index is 0.247. The van der Waals surface area contributed by atoms with E-state index < -0.39 is 0 Å². The summed E-state index contributed by atoms with van der Waals surface area (Å²) in [6, 6.07) is 6.33. The molecule has 1 aliphatic carbocycles. The van der Waals surface area contributed by atoms with Crippen molar-refractivity contribution in [1.29, 1.82) is 0 Å². The molecule has 0 saturated heterocycles. The fourth-order valence-corrected chi connectivity index (χ4v) is 2.16. The van der Waals surface area contributed by atoms with E-state index in [0.29, 0.717) is 5.71 Å². The highest BCUT2D eigenvalue weighted by molar-refractivity contribution is 6.26. The second-order valence-electron chi connectivity index (χ2n) is 3.89. The first-order valence-corrected chi connectivity index (χ1v) is 5.45. The maximum atomic E-state index is 12.8. The van der Waals surface area contributed by atoms with E-state index in [1.165, 1.54) is 17.7 Å². The minimum Gasteiger partial charge on any atom is -0.411 e. The van der Waals surface area contributed by atoms with E-state index in [1.54, 1.807) is 12.1 Å². The molecule has 0 radical (unpaired) electrons. The molecule has 1 aliphatic rings. The summed E-state index contributed by atoms with van der Waals surface area (Å²) in [5.74, 6) is -0.247. The van der Waals surface area contributed by atoms with Crippen LogP contribution in [0, 0.1) is 5.82 Å². The Morgan fingerprint density at radius 3 is 2.50 bits per heavy atom. The monoisotopic (exact) mass is 219 g/mol. The number of hydrogen-bond acceptors (Lipinski definition) is 2. The molecule has 0 fully saturated rings. The topological polar surface area (TPSA) is 32.6 Å². The van der Waals surface area contributed by atoms with Crippen molar-refractivity contribution in [1.82, 2.24) is 0 Å². The van der Waals surface area contributed by atoms with E-state index in [9.17, 15) is 4.39 Å². The first-order valence-electron chi connectivity index (χ1n) is 5.45. The molecule has 0 amide bonds. The molecule has 2 rings (SSSR count). The smallest absolute Gasteiger partial charge is 0.123 e. The first kappa shape index (κ1) is 10.9. The highest BCUT2D eigenvalue weighted by atomic mass is 19.1. The first-order chi connectivity index (χ1) is 7.76. The molecule has 16 heavy (non-hydrogen) atoms. The molecular formula is C13H14FNO. The van der Waals surface area contributed by atoms with Gasteiger partial charge in [0.05, 0.1) is 5.71 Å². The Morgan fingerprint density at radius 2 is 1.94 bits per heavy atom. The molecule has 3 heteroatoms. The average Bonchev–Trinajstić information content (AvgIpc) is 2.73. The Balaban J connectivity index is 2.47. The zero-order valence-corrected chi connectivity index (χ0v) is 9.20. The fourth-order valence-electron chi connectivity index (χ4n) is 2.16. The van der Waals surface area contributed by atoms with Gasteiger partial charge in [-0.25, -0.2) is 4.39 Å². The van der Waals surface area contributed by atoms with Crippen LogP contribution in [0.5, 0.6) is 0 Å². The van der Waals surface area contributed by atoms with Crippen LogP contribution in [0.25, 0.3) is 5.57 Å². The lowest BCUT2D eigenvalue weighted by molar-refractivity contribution is 0.319. The van der Waals surface area contributed by atoms with E-state index in [4.69, 9.17) is 5.21 Å². The summed E-state index contributed by atoms with van der Waals surface area (Å²) in [6.07, 6.45) is 2.64. The number of rotatable bonds is 2. The average molecular weight is 219 g/mol. The van der Waals surface area contributed by atoms with Crippen LogP contribution >= 0.6 is 0 Å². The van der Waals surface area contributed by atoms with Gasteiger partial charge in [0, 0.05) is 5.57 Å². The van der Waals surface area contributed by atoms with Gasteiger partial charge in [-0.05, 0) is 37.0 Å². The number of allylic oxidation sites excluding steroid dienone is 2. The molecule has 0 aromatic heterocycles. The summed E-state index contributed by atoms with van der Waals surface area (Å²) in [4.78, 5) is 0. The van der Waals surface area contributed by atoms with Gasteiger partial charge in [0.25, 0.3) is 0 Å². The van der Waals surface area contributed by atoms with Crippen molar-refractivity contribution in [2.75, 3.05) is 0 Å². The second-order valence-corrected chi connectivity index (χ2v) is 3.89. The molecule has 2 nitrogen and oxygen atoms in total. The molecule has 0 unspecified atom stereocenters. The Labute approximate surface area is 94.1 Å². The summed E-state index contributed by atoms with van der Waals surface area (Å²) < 4.78 is 12.8. The molecule has 84 valence electrons. The van der Waals surface area contributed by atoms with E-state index in [1.807, 2.05) is 0 Å². The predicted molar refractivity (Wildman–Crippen MR) is 62.1 cm³/mol. The molecule has 0 spiro atoms. The van der Waals surface area contributed by atoms with Crippen molar-refractivity contribution in [3.8, 4) is 0 Å². The zero-order valence-electron chi connectivity index (χ0n) is 9.20. The SMILES string of the molecule is CCC1=C(c2ccc(F)cc2)/C(=N/O)CC1. The zero-order chi connectivity index (χ0) is 11.5. The molecule has 0 atom stereocenters. The van der Waals surface area contributed by atoms with Crippen LogP contribution in [-0.4, -0.2) is 10.9 Å². The molecule has 1 aromatic rings. The van der Waals surface area contributed by atoms with Gasteiger partial charge in [-0.2, -0.15) is 0 Å². The van der Waals surface area contributed by atoms with Gasteiger partial charge < -0.3 is 5.21 Å². The summed E-state index contributed by atoms with van der Waals surface area (Å²) in [5.41, 5.74) is 3.91. The standard InChI is InChI=1S/C13H14FNO/c1-2-9-5-8-12(15-16)13(9)10-3-6-11(14)7-4-10/h3-4,6-7,16H,2,5,8H2,1H3/b15-12+. The van der Waals surface area contributed by atoms with Crippen LogP contribution in [0.3, 0.4) is 0 Å². The van der Waals surface area contributed by atoms with Crippen LogP contribution < -0.4 is 0 Å². The van der Waals surface area contributed by atoms with Gasteiger partial charge in [-0.15, -0.1) is 0 Å². The molecule has 0 aliphatic heterocycles. The van der Waals surface area contributed by atoms with Gasteiger partial charge in [-0.1, -0.05) is 29.8 Å². The molecule has 1 N–H and O–H groups in total. The minimum atomic E-state index is -0.247. The third-order valence-electron chi connectivity index (χ3n) is 2.99. The lowest BCUT2D eigenvalue weighted by Gasteiger charge is -2.06. The van der Waals surface area contributed by atoms with Crippen LogP contribution in [0.4, 0.5) is 4.39 Å². The van der Waals surface area contributed by atoms with Crippen molar-refractivity contribution in [3.63, 3.8) is 0 Å². The summed E-state index contributed by atoms with van der Waals surface area (Å²) in [6.45, 7) is 2.08. The van der Waals surface area contributed by atoms with Crippen LogP contribution in [0.15, 0.2) is 35.0 Å². The maximum Gasteiger partial charge on any atom is 0.123 e. The van der Waals surface area contributed by atoms with Gasteiger partial charge in [0.15, 0.2) is 0 Å². The number of benzene rings is 1. The lowest BCUT2D eigenvalue weighted by Crippen LogP contribution is -1.97. The molecule has 1 aromatic carbocycles. The second kappa shape index (κ2) is 4.47. The number of oxime groups is 1. The van der Waals surface area contributed by atoms with Crippen LogP contribution in [0.1, 0.15) is 31.7 Å². The van der Waals surface area contributed by atoms with E-state index in [2.05, 4.69) is 12.1 Å². The Kier molecular flexibility index (Phi) is 3.04. The van der Waals surface area contributed by atoms with Crippen molar-refractivity contribution >= 4 is 11.3 Å². The van der Waals surface area contributed by atoms with Crippen LogP contribution in [-0.2, 0) is 0 Å². The highest BCUT2D eigenvalue weighted by Crippen LogP contribution is 2.33. The van der Waals surface area contributed by atoms with Crippen molar-refractivity contribution in [2.45, 2.75) is 26.2 Å². The van der Waals surface area contributed by atoms with Crippen molar-refractivity contribution in [3.05, 3.63) is 41.2 Å². The number of halogens is 1. The van der Waals surface area contributed by atoms with E-state index >= 15 is 0 Å². The fraction of sp³-hybridized carbons (Fsp3) is 0.308. The normalized spacial score (nSPS) is 18.5. The summed E-state index contributed by atoms with van der Waals surface area (Å²) in [7, 11) is 0. The maximum absolute atomic E-state index is 12.8. The highest BCUT2D eigenvalue weighted by Gasteiger charge is 2.21. The number of hydrogen-bond donors (Lipinski definition) is 1. The van der Waals surface area contributed by atoms with Crippen LogP contribution in [0.2, 0.25) is 0 Å². The van der Waals surface area contributed by atoms with Gasteiger partial charge in [0.2, 0.25) is 0 Å². The van der Waals surface area contributed by atoms with Gasteiger partial charge in [-0.3, -0.25) is 0 Å². The molecule has 0 heterocycles. The van der Waals surface area contributed by atoms with Crippen molar-refractivity contribution < 1.29 is 9.60 Å². The molecule has 0 saturated carbocycles. The van der Waals surface area contributed by atoms with Gasteiger partial charge >= 0.3 is 0 Å². The third kappa shape index (κ3) is 1.85. The van der Waals surface area contributed by atoms with E-state index in [-0.39, 0.29) is 5.82 Å². The Bertz CT molecular complexity index is 446.